The van der Waals surface area contributed by atoms with Gasteiger partial charge in [-0.05, 0) is 34.1 Å². The monoisotopic (exact) mass is 343 g/mol. The number of hydrogen-bond donors (Lipinski definition) is 2. The molecule has 0 unspecified atom stereocenters. The summed E-state index contributed by atoms with van der Waals surface area (Å²) in [4.78, 5) is 12.4. The largest absolute Gasteiger partial charge is 0.353 e. The summed E-state index contributed by atoms with van der Waals surface area (Å²) in [5.41, 5.74) is 1.58. The normalized spacial score (nSPS) is 24.8. The third kappa shape index (κ3) is 3.73. The molecule has 0 spiro atoms. The third-order valence-electron chi connectivity index (χ3n) is 3.99. The van der Waals surface area contributed by atoms with E-state index < -0.39 is 22.3 Å². The van der Waals surface area contributed by atoms with Crippen molar-refractivity contribution >= 4 is 16.1 Å². The van der Waals surface area contributed by atoms with Crippen molar-refractivity contribution in [3.63, 3.8) is 0 Å². The second-order valence-corrected chi connectivity index (χ2v) is 7.89. The smallest absolute Gasteiger partial charge is 0.280 e. The Bertz CT molecular complexity index is 683. The Morgan fingerprint density at radius 1 is 1.52 bits per heavy atom. The average Bonchev–Trinajstić information content (AvgIpc) is 2.82. The van der Waals surface area contributed by atoms with E-state index in [-0.39, 0.29) is 11.9 Å². The highest BCUT2D eigenvalue weighted by molar-refractivity contribution is 7.87. The van der Waals surface area contributed by atoms with Crippen molar-refractivity contribution in [3.05, 3.63) is 17.5 Å². The molecule has 0 aromatic carbocycles. The van der Waals surface area contributed by atoms with Crippen LogP contribution in [0.2, 0.25) is 0 Å². The molecule has 8 nitrogen and oxygen atoms in total. The van der Waals surface area contributed by atoms with Gasteiger partial charge in [-0.3, -0.25) is 9.48 Å². The van der Waals surface area contributed by atoms with Gasteiger partial charge in [-0.25, -0.2) is 0 Å². The van der Waals surface area contributed by atoms with Crippen LogP contribution in [0.25, 0.3) is 0 Å². The van der Waals surface area contributed by atoms with Gasteiger partial charge in [-0.15, -0.1) is 0 Å². The van der Waals surface area contributed by atoms with Gasteiger partial charge in [0.2, 0.25) is 5.91 Å². The minimum Gasteiger partial charge on any atom is -0.353 e. The minimum atomic E-state index is -3.72. The van der Waals surface area contributed by atoms with Crippen LogP contribution in [-0.2, 0) is 21.5 Å². The van der Waals surface area contributed by atoms with Crippen molar-refractivity contribution < 1.29 is 13.2 Å². The van der Waals surface area contributed by atoms with Crippen molar-refractivity contribution in [2.24, 2.45) is 0 Å². The number of aryl methyl sites for hydroxylation is 2. The first-order valence-corrected chi connectivity index (χ1v) is 9.19. The van der Waals surface area contributed by atoms with Crippen LogP contribution in [0.15, 0.2) is 6.20 Å². The predicted octanol–water partition coefficient (Wildman–Crippen LogP) is 0.316. The number of carbonyl (C=O) groups is 1. The molecule has 1 aromatic heterocycles. The van der Waals surface area contributed by atoms with Gasteiger partial charge in [-0.2, -0.15) is 22.5 Å². The Balaban J connectivity index is 2.32. The summed E-state index contributed by atoms with van der Waals surface area (Å²) in [6.45, 7) is 8.21. The highest BCUT2D eigenvalue weighted by atomic mass is 32.2. The summed E-state index contributed by atoms with van der Waals surface area (Å²) in [5.74, 6) is -0.280. The quantitative estimate of drug-likeness (QED) is 0.823. The summed E-state index contributed by atoms with van der Waals surface area (Å²) in [6.07, 6.45) is 2.20. The molecular formula is C14H25N5O3S. The van der Waals surface area contributed by atoms with E-state index in [2.05, 4.69) is 15.1 Å². The van der Waals surface area contributed by atoms with Crippen molar-refractivity contribution in [2.75, 3.05) is 7.05 Å². The fourth-order valence-corrected chi connectivity index (χ4v) is 4.00. The Morgan fingerprint density at radius 3 is 2.70 bits per heavy atom. The summed E-state index contributed by atoms with van der Waals surface area (Å²) in [7, 11) is -2.30. The van der Waals surface area contributed by atoms with Crippen molar-refractivity contribution in [1.29, 1.82) is 0 Å². The zero-order chi connectivity index (χ0) is 17.4. The average molecular weight is 343 g/mol. The summed E-state index contributed by atoms with van der Waals surface area (Å²) < 4.78 is 30.2. The summed E-state index contributed by atoms with van der Waals surface area (Å²) in [6, 6.07) is -1.24. The lowest BCUT2D eigenvalue weighted by molar-refractivity contribution is -0.125. The lowest BCUT2D eigenvalue weighted by Crippen LogP contribution is -2.57. The van der Waals surface area contributed by atoms with Crippen LogP contribution in [0.4, 0.5) is 0 Å². The maximum absolute atomic E-state index is 12.4. The van der Waals surface area contributed by atoms with Crippen LogP contribution in [0, 0.1) is 6.92 Å². The zero-order valence-corrected chi connectivity index (χ0v) is 15.0. The first-order chi connectivity index (χ1) is 10.7. The molecule has 2 N–H and O–H groups in total. The van der Waals surface area contributed by atoms with Gasteiger partial charge < -0.3 is 5.32 Å². The van der Waals surface area contributed by atoms with Gasteiger partial charge in [0.15, 0.2) is 0 Å². The van der Waals surface area contributed by atoms with Crippen molar-refractivity contribution in [2.45, 2.75) is 58.8 Å². The fourth-order valence-electron chi connectivity index (χ4n) is 2.73. The molecule has 1 fully saturated rings. The van der Waals surface area contributed by atoms with Crippen LogP contribution >= 0.6 is 0 Å². The number of nitrogens with zero attached hydrogens (tertiary/aromatic N) is 3. The van der Waals surface area contributed by atoms with Gasteiger partial charge in [0, 0.05) is 31.4 Å². The number of likely N-dealkylation sites (N-methyl/N-ethyl adjacent to an activating group) is 1. The highest BCUT2D eigenvalue weighted by Crippen LogP contribution is 2.29. The molecule has 0 radical (unpaired) electrons. The van der Waals surface area contributed by atoms with Crippen LogP contribution in [-0.4, -0.2) is 47.5 Å². The van der Waals surface area contributed by atoms with Crippen LogP contribution < -0.4 is 10.0 Å². The molecule has 1 aliphatic heterocycles. The fraction of sp³-hybridized carbons (Fsp3) is 0.714. The molecule has 2 heterocycles. The van der Waals surface area contributed by atoms with Gasteiger partial charge in [0.25, 0.3) is 10.2 Å². The number of amides is 1. The Labute approximate surface area is 137 Å². The van der Waals surface area contributed by atoms with E-state index in [1.54, 1.807) is 4.68 Å². The second kappa shape index (κ2) is 6.58. The molecule has 0 bridgehead atoms. The van der Waals surface area contributed by atoms with E-state index in [1.165, 1.54) is 7.05 Å². The second-order valence-electron chi connectivity index (χ2n) is 6.13. The number of nitrogens with one attached hydrogen (secondary N) is 2. The minimum absolute atomic E-state index is 0.0449. The van der Waals surface area contributed by atoms with Crippen LogP contribution in [0.3, 0.4) is 0 Å². The number of hydrogen-bond acceptors (Lipinski definition) is 4. The molecule has 1 saturated heterocycles. The first kappa shape index (κ1) is 17.9. The van der Waals surface area contributed by atoms with Gasteiger partial charge >= 0.3 is 0 Å². The Kier molecular flexibility index (Phi) is 5.12. The Morgan fingerprint density at radius 2 is 2.17 bits per heavy atom. The highest BCUT2D eigenvalue weighted by Gasteiger charge is 2.41. The van der Waals surface area contributed by atoms with Gasteiger partial charge in [-0.1, -0.05) is 0 Å². The van der Waals surface area contributed by atoms with E-state index in [0.717, 1.165) is 15.6 Å². The molecule has 0 aliphatic carbocycles. The molecule has 23 heavy (non-hydrogen) atoms. The lowest BCUT2D eigenvalue weighted by atomic mass is 10.00. The van der Waals surface area contributed by atoms with E-state index in [9.17, 15) is 13.2 Å². The molecule has 130 valence electrons. The number of aromatic nitrogens is 2. The van der Waals surface area contributed by atoms with E-state index in [0.29, 0.717) is 13.0 Å². The summed E-state index contributed by atoms with van der Waals surface area (Å²) in [5, 5.41) is 7.15. The van der Waals surface area contributed by atoms with Crippen molar-refractivity contribution in [3.8, 4) is 0 Å². The van der Waals surface area contributed by atoms with Crippen molar-refractivity contribution in [1.82, 2.24) is 24.1 Å². The van der Waals surface area contributed by atoms with E-state index in [1.807, 2.05) is 33.9 Å². The molecule has 2 rings (SSSR count). The number of rotatable bonds is 4. The van der Waals surface area contributed by atoms with Crippen LogP contribution in [0.5, 0.6) is 0 Å². The zero-order valence-electron chi connectivity index (χ0n) is 14.2. The van der Waals surface area contributed by atoms with Crippen LogP contribution in [0.1, 0.15) is 44.5 Å². The summed E-state index contributed by atoms with van der Waals surface area (Å²) >= 11 is 0. The maximum atomic E-state index is 12.4. The Hall–Kier alpha value is -1.45. The van der Waals surface area contributed by atoms with E-state index >= 15 is 0 Å². The molecule has 2 atom stereocenters. The SMILES string of the molecule is CCn1cc([C@H]2C[C@@H](C(=O)NC(C)C)N(C)S(=O)(=O)N2)c(C)n1. The van der Waals surface area contributed by atoms with E-state index in [4.69, 9.17) is 0 Å². The number of carbonyl (C=O) groups excluding carboxylic acids is 1. The van der Waals surface area contributed by atoms with Gasteiger partial charge in [0.05, 0.1) is 11.7 Å². The third-order valence-corrected chi connectivity index (χ3v) is 5.58. The first-order valence-electron chi connectivity index (χ1n) is 7.75. The molecule has 1 aromatic rings. The maximum Gasteiger partial charge on any atom is 0.280 e. The molecule has 1 amide bonds. The van der Waals surface area contributed by atoms with Gasteiger partial charge in [0.1, 0.15) is 6.04 Å². The molecule has 0 saturated carbocycles. The molecular weight excluding hydrogens is 318 g/mol. The standard InChI is InChI=1S/C14H25N5O3S/c1-6-19-8-11(10(4)16-19)12-7-13(14(20)15-9(2)3)18(5)23(21,22)17-12/h8-9,12-13,17H,6-7H2,1-5H3,(H,15,20)/t12-,13+/m1/s1. The predicted molar refractivity (Wildman–Crippen MR) is 86.9 cm³/mol. The molecule has 1 aliphatic rings. The topological polar surface area (TPSA) is 96.3 Å². The molecule has 9 heteroatoms. The lowest BCUT2D eigenvalue weighted by Gasteiger charge is -2.36.